The van der Waals surface area contributed by atoms with E-state index in [-0.39, 0.29) is 6.04 Å². The Morgan fingerprint density at radius 3 is 1.86 bits per heavy atom. The Kier molecular flexibility index (Phi) is 7.93. The summed E-state index contributed by atoms with van der Waals surface area (Å²) in [6.45, 7) is 2.93. The maximum Gasteiger partial charge on any atom is 0.142 e. The van der Waals surface area contributed by atoms with Crippen molar-refractivity contribution in [2.75, 3.05) is 12.0 Å². The summed E-state index contributed by atoms with van der Waals surface area (Å²) in [6.07, 6.45) is 1.87. The third kappa shape index (κ3) is 5.58. The number of ether oxygens (including phenoxy) is 1. The lowest BCUT2D eigenvalue weighted by Crippen LogP contribution is -2.33. The highest BCUT2D eigenvalue weighted by Crippen LogP contribution is 2.43. The largest absolute Gasteiger partial charge is 0.495 e. The predicted octanol–water partition coefficient (Wildman–Crippen LogP) is 6.62. The van der Waals surface area contributed by atoms with Crippen molar-refractivity contribution >= 4 is 29.5 Å². The molecule has 3 nitrogen and oxygen atoms in total. The third-order valence-corrected chi connectivity index (χ3v) is 9.03. The molecule has 0 aliphatic rings. The van der Waals surface area contributed by atoms with Crippen molar-refractivity contribution in [2.45, 2.75) is 19.5 Å². The first kappa shape index (κ1) is 24.7. The molecule has 0 radical (unpaired) electrons. The van der Waals surface area contributed by atoms with E-state index in [4.69, 9.17) is 4.74 Å². The lowest BCUT2D eigenvalue weighted by molar-refractivity contribution is 0.413. The predicted molar refractivity (Wildman–Crippen MR) is 157 cm³/mol. The molecule has 0 N–H and O–H groups in total. The molecule has 0 spiro atoms. The monoisotopic (exact) mass is 502 g/mol. The average Bonchev–Trinajstić information content (AvgIpc) is 2.98. The van der Waals surface area contributed by atoms with E-state index in [1.807, 2.05) is 12.3 Å². The van der Waals surface area contributed by atoms with Gasteiger partial charge < -0.3 is 9.64 Å². The zero-order chi connectivity index (χ0) is 25.5. The second-order valence-corrected chi connectivity index (χ2v) is 11.1. The van der Waals surface area contributed by atoms with Gasteiger partial charge in [0.1, 0.15) is 5.75 Å². The molecule has 37 heavy (non-hydrogen) atoms. The SMILES string of the molecule is COc1cccc(P(c2ccccc2)c2ccccc2)c1N(Cc1ccccn1)[C@@H](C)c1ccccc1. The Hall–Kier alpha value is -3.94. The van der Waals surface area contributed by atoms with Gasteiger partial charge in [-0.3, -0.25) is 4.98 Å². The van der Waals surface area contributed by atoms with Crippen LogP contribution in [0.4, 0.5) is 5.69 Å². The standard InChI is InChI=1S/C33H31N2OP/c1-26(27-15-6-3-7-16-27)35(25-28-17-12-13-24-34-28)33-31(36-2)22-14-23-32(33)37(29-18-8-4-9-19-29)30-20-10-5-11-21-30/h3-24,26H,25H2,1-2H3/t26-/m0/s1. The van der Waals surface area contributed by atoms with Crippen LogP contribution < -0.4 is 25.6 Å². The van der Waals surface area contributed by atoms with Gasteiger partial charge in [-0.25, -0.2) is 0 Å². The van der Waals surface area contributed by atoms with E-state index in [2.05, 4.69) is 138 Å². The Bertz CT molecular complexity index is 1360. The number of methoxy groups -OCH3 is 1. The third-order valence-electron chi connectivity index (χ3n) is 6.56. The molecule has 0 amide bonds. The zero-order valence-electron chi connectivity index (χ0n) is 21.2. The van der Waals surface area contributed by atoms with Crippen LogP contribution in [0.5, 0.6) is 5.75 Å². The van der Waals surface area contributed by atoms with Gasteiger partial charge in [0.25, 0.3) is 0 Å². The molecular weight excluding hydrogens is 471 g/mol. The number of anilines is 1. The molecular formula is C33H31N2OP. The molecule has 0 unspecified atom stereocenters. The fraction of sp³-hybridized carbons (Fsp3) is 0.121. The molecule has 0 aliphatic carbocycles. The number of benzene rings is 4. The highest BCUT2D eigenvalue weighted by atomic mass is 31.1. The maximum absolute atomic E-state index is 6.06. The molecule has 1 atom stereocenters. The molecule has 0 saturated carbocycles. The second-order valence-electron chi connectivity index (χ2n) is 8.87. The van der Waals surface area contributed by atoms with E-state index in [0.29, 0.717) is 6.54 Å². The Balaban J connectivity index is 1.73. The van der Waals surface area contributed by atoms with Crippen LogP contribution in [0.15, 0.2) is 134 Å². The molecule has 0 saturated heterocycles. The van der Waals surface area contributed by atoms with Gasteiger partial charge in [0.2, 0.25) is 0 Å². The van der Waals surface area contributed by atoms with Gasteiger partial charge in [-0.05, 0) is 49.2 Å². The fourth-order valence-electron chi connectivity index (χ4n) is 4.71. The van der Waals surface area contributed by atoms with E-state index < -0.39 is 7.92 Å². The van der Waals surface area contributed by atoms with Crippen molar-refractivity contribution in [1.82, 2.24) is 4.98 Å². The van der Waals surface area contributed by atoms with E-state index >= 15 is 0 Å². The van der Waals surface area contributed by atoms with Crippen molar-refractivity contribution in [2.24, 2.45) is 0 Å². The van der Waals surface area contributed by atoms with E-state index in [9.17, 15) is 0 Å². The number of para-hydroxylation sites is 1. The second kappa shape index (κ2) is 11.9. The minimum Gasteiger partial charge on any atom is -0.495 e. The number of rotatable bonds is 9. The van der Waals surface area contributed by atoms with Gasteiger partial charge in [0.15, 0.2) is 0 Å². The highest BCUT2D eigenvalue weighted by molar-refractivity contribution is 7.80. The van der Waals surface area contributed by atoms with Gasteiger partial charge in [-0.2, -0.15) is 0 Å². The summed E-state index contributed by atoms with van der Waals surface area (Å²) in [5.41, 5.74) is 3.38. The van der Waals surface area contributed by atoms with Crippen LogP contribution in [0.2, 0.25) is 0 Å². The van der Waals surface area contributed by atoms with Gasteiger partial charge in [-0.15, -0.1) is 0 Å². The van der Waals surface area contributed by atoms with Crippen LogP contribution in [0, 0.1) is 0 Å². The lowest BCUT2D eigenvalue weighted by Gasteiger charge is -2.36. The molecule has 0 bridgehead atoms. The highest BCUT2D eigenvalue weighted by Gasteiger charge is 2.28. The molecule has 0 aliphatic heterocycles. The fourth-order valence-corrected chi connectivity index (χ4v) is 7.19. The van der Waals surface area contributed by atoms with Gasteiger partial charge >= 0.3 is 0 Å². The van der Waals surface area contributed by atoms with Crippen LogP contribution in [-0.4, -0.2) is 12.1 Å². The molecule has 4 heteroatoms. The normalized spacial score (nSPS) is 11.8. The number of hydrogen-bond acceptors (Lipinski definition) is 3. The topological polar surface area (TPSA) is 25.4 Å². The molecule has 5 rings (SSSR count). The van der Waals surface area contributed by atoms with Crippen molar-refractivity contribution in [3.8, 4) is 5.75 Å². The van der Waals surface area contributed by atoms with Crippen LogP contribution in [0.3, 0.4) is 0 Å². The van der Waals surface area contributed by atoms with Crippen LogP contribution in [0.1, 0.15) is 24.2 Å². The van der Waals surface area contributed by atoms with E-state index in [1.54, 1.807) is 7.11 Å². The summed E-state index contributed by atoms with van der Waals surface area (Å²) in [6, 6.07) is 45.0. The number of pyridine rings is 1. The van der Waals surface area contributed by atoms with Crippen molar-refractivity contribution in [1.29, 1.82) is 0 Å². The Morgan fingerprint density at radius 1 is 0.703 bits per heavy atom. The van der Waals surface area contributed by atoms with Gasteiger partial charge in [-0.1, -0.05) is 109 Å². The van der Waals surface area contributed by atoms with E-state index in [1.165, 1.54) is 21.5 Å². The first-order chi connectivity index (χ1) is 18.3. The molecule has 184 valence electrons. The average molecular weight is 503 g/mol. The molecule has 1 aromatic heterocycles. The number of hydrogen-bond donors (Lipinski definition) is 0. The van der Waals surface area contributed by atoms with Crippen LogP contribution in [0.25, 0.3) is 0 Å². The van der Waals surface area contributed by atoms with E-state index in [0.717, 1.165) is 17.1 Å². The molecule has 5 aromatic rings. The van der Waals surface area contributed by atoms with Crippen molar-refractivity contribution in [3.63, 3.8) is 0 Å². The minimum atomic E-state index is -0.832. The maximum atomic E-state index is 6.06. The zero-order valence-corrected chi connectivity index (χ0v) is 22.1. The van der Waals surface area contributed by atoms with Crippen LogP contribution in [-0.2, 0) is 6.54 Å². The van der Waals surface area contributed by atoms with Crippen LogP contribution >= 0.6 is 7.92 Å². The smallest absolute Gasteiger partial charge is 0.142 e. The number of nitrogens with zero attached hydrogens (tertiary/aromatic N) is 2. The molecule has 0 fully saturated rings. The summed E-state index contributed by atoms with van der Waals surface area (Å²) in [5.74, 6) is 0.871. The molecule has 1 heterocycles. The summed E-state index contributed by atoms with van der Waals surface area (Å²) in [7, 11) is 0.934. The minimum absolute atomic E-state index is 0.0988. The first-order valence-corrected chi connectivity index (χ1v) is 13.9. The number of aromatic nitrogens is 1. The summed E-state index contributed by atoms with van der Waals surface area (Å²) >= 11 is 0. The summed E-state index contributed by atoms with van der Waals surface area (Å²) < 4.78 is 6.06. The summed E-state index contributed by atoms with van der Waals surface area (Å²) in [5, 5.41) is 3.89. The van der Waals surface area contributed by atoms with Crippen molar-refractivity contribution in [3.05, 3.63) is 145 Å². The lowest BCUT2D eigenvalue weighted by atomic mass is 10.1. The van der Waals surface area contributed by atoms with Gasteiger partial charge in [0, 0.05) is 11.5 Å². The first-order valence-electron chi connectivity index (χ1n) is 12.5. The van der Waals surface area contributed by atoms with Crippen molar-refractivity contribution < 1.29 is 4.74 Å². The van der Waals surface area contributed by atoms with Gasteiger partial charge in [0.05, 0.1) is 31.1 Å². The Morgan fingerprint density at radius 2 is 1.30 bits per heavy atom. The molecule has 4 aromatic carbocycles. The summed E-state index contributed by atoms with van der Waals surface area (Å²) in [4.78, 5) is 7.14. The Labute approximate surface area is 221 Å². The quantitative estimate of drug-likeness (QED) is 0.212.